The number of ketones is 1. The van der Waals surface area contributed by atoms with Crippen LogP contribution in [-0.4, -0.2) is 29.6 Å². The molecule has 0 saturated carbocycles. The van der Waals surface area contributed by atoms with Gasteiger partial charge in [-0.2, -0.15) is 5.26 Å². The van der Waals surface area contributed by atoms with Gasteiger partial charge in [-0.1, -0.05) is 18.2 Å². The second-order valence-electron chi connectivity index (χ2n) is 5.30. The first-order chi connectivity index (χ1) is 12.5. The molecular weight excluding hydrogens is 334 g/mol. The molecule has 0 spiro atoms. The molecule has 1 atom stereocenters. The van der Waals surface area contributed by atoms with Gasteiger partial charge in [-0.15, -0.1) is 0 Å². The highest BCUT2D eigenvalue weighted by molar-refractivity contribution is 6.07. The van der Waals surface area contributed by atoms with E-state index in [0.717, 1.165) is 0 Å². The summed E-state index contributed by atoms with van der Waals surface area (Å²) in [5.41, 5.74) is 1.12. The van der Waals surface area contributed by atoms with E-state index in [1.165, 1.54) is 13.0 Å². The van der Waals surface area contributed by atoms with Crippen LogP contribution in [0, 0.1) is 11.3 Å². The van der Waals surface area contributed by atoms with Gasteiger partial charge < -0.3 is 14.6 Å². The molecule has 1 N–H and O–H groups in total. The number of nitriles is 1. The summed E-state index contributed by atoms with van der Waals surface area (Å²) < 4.78 is 10.5. The molecule has 2 aromatic carbocycles. The maximum Gasteiger partial charge on any atom is 0.344 e. The summed E-state index contributed by atoms with van der Waals surface area (Å²) in [5, 5.41) is 17.4. The Morgan fingerprint density at radius 3 is 2.54 bits per heavy atom. The van der Waals surface area contributed by atoms with Crippen molar-refractivity contribution in [1.82, 2.24) is 0 Å². The number of carbonyl (C=O) groups excluding carboxylic acids is 1. The van der Waals surface area contributed by atoms with Crippen molar-refractivity contribution < 1.29 is 24.2 Å². The predicted molar refractivity (Wildman–Crippen MR) is 95.1 cm³/mol. The molecule has 2 rings (SSSR count). The van der Waals surface area contributed by atoms with Crippen LogP contribution in [0.5, 0.6) is 11.5 Å². The minimum absolute atomic E-state index is 0.0744. The highest BCUT2D eigenvalue weighted by Gasteiger charge is 2.12. The van der Waals surface area contributed by atoms with Gasteiger partial charge in [-0.25, -0.2) is 4.79 Å². The normalized spacial score (nSPS) is 11.5. The van der Waals surface area contributed by atoms with E-state index in [0.29, 0.717) is 22.6 Å². The van der Waals surface area contributed by atoms with Crippen molar-refractivity contribution in [2.75, 3.05) is 6.61 Å². The van der Waals surface area contributed by atoms with E-state index < -0.39 is 12.1 Å². The molecule has 0 radical (unpaired) electrons. The highest BCUT2D eigenvalue weighted by Crippen LogP contribution is 2.20. The molecule has 132 valence electrons. The zero-order chi connectivity index (χ0) is 18.9. The Balaban J connectivity index is 2.07. The number of hydrogen-bond donors (Lipinski definition) is 1. The Hall–Kier alpha value is -3.59. The van der Waals surface area contributed by atoms with Crippen LogP contribution in [0.2, 0.25) is 0 Å². The predicted octanol–water partition coefficient (Wildman–Crippen LogP) is 3.34. The molecule has 6 nitrogen and oxygen atoms in total. The third kappa shape index (κ3) is 5.21. The number of carbonyl (C=O) groups is 2. The van der Waals surface area contributed by atoms with Gasteiger partial charge in [0.2, 0.25) is 0 Å². The van der Waals surface area contributed by atoms with Crippen LogP contribution in [-0.2, 0) is 4.79 Å². The molecule has 0 saturated heterocycles. The van der Waals surface area contributed by atoms with E-state index in [2.05, 4.69) is 0 Å². The fourth-order valence-electron chi connectivity index (χ4n) is 2.07. The van der Waals surface area contributed by atoms with E-state index in [4.69, 9.17) is 19.8 Å². The number of rotatable bonds is 8. The van der Waals surface area contributed by atoms with Gasteiger partial charge >= 0.3 is 5.97 Å². The first kappa shape index (κ1) is 18.7. The standard InChI is InChI=1S/C20H17NO5/c1-14(20(23)24)26-17-9-6-15(7-10-17)18(22)11-8-16-4-2-3-5-19(16)25-13-12-21/h2-11,14H,13H2,1H3,(H,23,24)/b11-8+. The van der Waals surface area contributed by atoms with Crippen molar-refractivity contribution in [2.24, 2.45) is 0 Å². The lowest BCUT2D eigenvalue weighted by molar-refractivity contribution is -0.144. The zero-order valence-corrected chi connectivity index (χ0v) is 14.1. The summed E-state index contributed by atoms with van der Waals surface area (Å²) in [4.78, 5) is 23.0. The van der Waals surface area contributed by atoms with E-state index in [1.807, 2.05) is 6.07 Å². The third-order valence-electron chi connectivity index (χ3n) is 3.42. The molecule has 0 aliphatic rings. The number of carboxylic acids is 1. The van der Waals surface area contributed by atoms with Gasteiger partial charge in [0.25, 0.3) is 0 Å². The average molecular weight is 351 g/mol. The summed E-state index contributed by atoms with van der Waals surface area (Å²) in [5.74, 6) is -0.400. The Kier molecular flexibility index (Phi) is 6.52. The van der Waals surface area contributed by atoms with Gasteiger partial charge in [-0.3, -0.25) is 4.79 Å². The van der Waals surface area contributed by atoms with E-state index >= 15 is 0 Å². The Labute approximate surface area is 150 Å². The van der Waals surface area contributed by atoms with Gasteiger partial charge in [0.15, 0.2) is 18.5 Å². The van der Waals surface area contributed by atoms with Crippen molar-refractivity contribution in [3.8, 4) is 17.6 Å². The summed E-state index contributed by atoms with van der Waals surface area (Å²) >= 11 is 0. The van der Waals surface area contributed by atoms with Crippen LogP contribution in [0.3, 0.4) is 0 Å². The van der Waals surface area contributed by atoms with E-state index in [-0.39, 0.29) is 12.4 Å². The Morgan fingerprint density at radius 2 is 1.88 bits per heavy atom. The highest BCUT2D eigenvalue weighted by atomic mass is 16.5. The average Bonchev–Trinajstić information content (AvgIpc) is 2.65. The number of para-hydroxylation sites is 1. The summed E-state index contributed by atoms with van der Waals surface area (Å²) in [6.07, 6.45) is 2.05. The van der Waals surface area contributed by atoms with E-state index in [9.17, 15) is 9.59 Å². The molecule has 6 heteroatoms. The molecule has 2 aromatic rings. The monoisotopic (exact) mass is 351 g/mol. The third-order valence-corrected chi connectivity index (χ3v) is 3.42. The lowest BCUT2D eigenvalue weighted by Crippen LogP contribution is -2.22. The van der Waals surface area contributed by atoms with Crippen molar-refractivity contribution in [1.29, 1.82) is 5.26 Å². The summed E-state index contributed by atoms with van der Waals surface area (Å²) in [6, 6.07) is 15.2. The minimum Gasteiger partial charge on any atom is -0.479 e. The second-order valence-corrected chi connectivity index (χ2v) is 5.30. The van der Waals surface area contributed by atoms with Crippen LogP contribution >= 0.6 is 0 Å². The molecule has 0 aliphatic carbocycles. The van der Waals surface area contributed by atoms with Crippen molar-refractivity contribution in [3.05, 3.63) is 65.7 Å². The smallest absolute Gasteiger partial charge is 0.344 e. The second kappa shape index (κ2) is 9.04. The number of ether oxygens (including phenoxy) is 2. The van der Waals surface area contributed by atoms with Crippen molar-refractivity contribution in [3.63, 3.8) is 0 Å². The number of aliphatic carboxylic acids is 1. The van der Waals surface area contributed by atoms with Gasteiger partial charge in [0.1, 0.15) is 17.6 Å². The molecule has 1 unspecified atom stereocenters. The largest absolute Gasteiger partial charge is 0.479 e. The maximum absolute atomic E-state index is 12.3. The number of carboxylic acid groups (broad SMARTS) is 1. The molecule has 0 heterocycles. The lowest BCUT2D eigenvalue weighted by atomic mass is 10.1. The molecule has 26 heavy (non-hydrogen) atoms. The molecule has 0 bridgehead atoms. The van der Waals surface area contributed by atoms with Crippen LogP contribution in [0.1, 0.15) is 22.8 Å². The van der Waals surface area contributed by atoms with Crippen LogP contribution < -0.4 is 9.47 Å². The van der Waals surface area contributed by atoms with E-state index in [1.54, 1.807) is 54.6 Å². The fraction of sp³-hybridized carbons (Fsp3) is 0.150. The van der Waals surface area contributed by atoms with Crippen LogP contribution in [0.15, 0.2) is 54.6 Å². The molecule has 0 aromatic heterocycles. The van der Waals surface area contributed by atoms with Gasteiger partial charge in [-0.05, 0) is 49.4 Å². The van der Waals surface area contributed by atoms with Gasteiger partial charge in [0.05, 0.1) is 0 Å². The zero-order valence-electron chi connectivity index (χ0n) is 14.1. The molecule has 0 fully saturated rings. The van der Waals surface area contributed by atoms with Crippen molar-refractivity contribution >= 4 is 17.8 Å². The first-order valence-corrected chi connectivity index (χ1v) is 7.82. The summed E-state index contributed by atoms with van der Waals surface area (Å²) in [6.45, 7) is 1.35. The van der Waals surface area contributed by atoms with Gasteiger partial charge in [0, 0.05) is 11.1 Å². The number of nitrogens with zero attached hydrogens (tertiary/aromatic N) is 1. The number of allylic oxidation sites excluding steroid dienone is 1. The maximum atomic E-state index is 12.3. The van der Waals surface area contributed by atoms with Crippen molar-refractivity contribution in [2.45, 2.75) is 13.0 Å². The number of hydrogen-bond acceptors (Lipinski definition) is 5. The first-order valence-electron chi connectivity index (χ1n) is 7.82. The quantitative estimate of drug-likeness (QED) is 0.579. The van der Waals surface area contributed by atoms with Crippen LogP contribution in [0.4, 0.5) is 0 Å². The van der Waals surface area contributed by atoms with Crippen LogP contribution in [0.25, 0.3) is 6.08 Å². The molecular formula is C20H17NO5. The SMILES string of the molecule is CC(Oc1ccc(C(=O)/C=C/c2ccccc2OCC#N)cc1)C(=O)O. The topological polar surface area (TPSA) is 96.6 Å². The summed E-state index contributed by atoms with van der Waals surface area (Å²) in [7, 11) is 0. The lowest BCUT2D eigenvalue weighted by Gasteiger charge is -2.10. The fourth-order valence-corrected chi connectivity index (χ4v) is 2.07. The molecule has 0 amide bonds. The Morgan fingerprint density at radius 1 is 1.19 bits per heavy atom. The minimum atomic E-state index is -1.06. The number of benzene rings is 2. The Bertz CT molecular complexity index is 849. The molecule has 0 aliphatic heterocycles.